The number of esters is 1. The van der Waals surface area contributed by atoms with Crippen LogP contribution in [0.25, 0.3) is 0 Å². The van der Waals surface area contributed by atoms with E-state index in [0.717, 1.165) is 31.2 Å². The molecule has 48 heavy (non-hydrogen) atoms. The summed E-state index contributed by atoms with van der Waals surface area (Å²) in [4.78, 5) is 14.4. The zero-order valence-corrected chi connectivity index (χ0v) is 27.9. The van der Waals surface area contributed by atoms with Gasteiger partial charge in [-0.25, -0.2) is 4.79 Å². The van der Waals surface area contributed by atoms with E-state index in [9.17, 15) is 18.3 Å². The number of rotatable bonds is 15. The number of aliphatic hydroxyl groups is 1. The summed E-state index contributed by atoms with van der Waals surface area (Å²) in [6.45, 7) is 3.55. The van der Waals surface area contributed by atoms with Crippen LogP contribution in [0.4, 0.5) is 5.69 Å². The van der Waals surface area contributed by atoms with Gasteiger partial charge in [0.25, 0.3) is 0 Å². The molecular formula is C38H42N2O7S. The first kappa shape index (κ1) is 34.8. The number of benzene rings is 4. The summed E-state index contributed by atoms with van der Waals surface area (Å²) in [5.74, 6) is 0.808. The molecule has 1 atom stereocenters. The number of nitrogens with zero attached hydrogens (tertiary/aromatic N) is 2. The SMILES string of the molecule is CCOC(=O)c1ccc(C2CCC(N(Cc3ccccc3)C[C@H](O)COc3ccc(OCc4ccccc4)c(N=S(=O)=O)c3)CC2)cc1. The molecule has 0 radical (unpaired) electrons. The minimum Gasteiger partial charge on any atom is -0.491 e. The molecule has 252 valence electrons. The fraction of sp³-hybridized carbons (Fsp3) is 0.342. The minimum atomic E-state index is -2.68. The molecule has 10 heteroatoms. The highest BCUT2D eigenvalue weighted by Gasteiger charge is 2.28. The van der Waals surface area contributed by atoms with E-state index in [2.05, 4.69) is 21.4 Å². The van der Waals surface area contributed by atoms with E-state index >= 15 is 0 Å². The summed E-state index contributed by atoms with van der Waals surface area (Å²) in [6, 6.07) is 32.7. The minimum absolute atomic E-state index is 0.0254. The van der Waals surface area contributed by atoms with Crippen LogP contribution in [0, 0.1) is 0 Å². The molecule has 0 bridgehead atoms. The Kier molecular flexibility index (Phi) is 12.8. The summed E-state index contributed by atoms with van der Waals surface area (Å²) in [5, 5.41) is 11.2. The highest BCUT2D eigenvalue weighted by molar-refractivity contribution is 7.61. The van der Waals surface area contributed by atoms with Crippen molar-refractivity contribution in [1.29, 1.82) is 0 Å². The molecule has 0 aliphatic heterocycles. The molecule has 0 heterocycles. The standard InChI is InChI=1S/C38H42N2O7S/c1-2-45-38(42)32-15-13-30(14-16-32)31-17-19-33(20-18-31)40(24-28-9-5-3-6-10-28)25-34(41)27-46-35-21-22-37(36(23-35)39-48(43)44)47-26-29-11-7-4-8-12-29/h3-16,21-23,31,33-34,41H,2,17-20,24-27H2,1H3/t31?,33?,34-/m0/s1. The Morgan fingerprint density at radius 2 is 1.54 bits per heavy atom. The fourth-order valence-electron chi connectivity index (χ4n) is 6.15. The largest absolute Gasteiger partial charge is 0.491 e. The lowest BCUT2D eigenvalue weighted by Gasteiger charge is -2.38. The second-order valence-electron chi connectivity index (χ2n) is 11.9. The third kappa shape index (κ3) is 10.2. The van der Waals surface area contributed by atoms with Crippen molar-refractivity contribution in [2.45, 2.75) is 63.8 Å². The molecule has 9 nitrogen and oxygen atoms in total. The Balaban J connectivity index is 1.20. The zero-order chi connectivity index (χ0) is 33.7. The first-order valence-electron chi connectivity index (χ1n) is 16.4. The molecule has 1 saturated carbocycles. The number of hydrogen-bond acceptors (Lipinski definition) is 9. The van der Waals surface area contributed by atoms with Crippen molar-refractivity contribution in [3.05, 3.63) is 125 Å². The first-order valence-corrected chi connectivity index (χ1v) is 17.4. The maximum Gasteiger partial charge on any atom is 0.338 e. The van der Waals surface area contributed by atoms with Crippen LogP contribution in [0.5, 0.6) is 11.5 Å². The van der Waals surface area contributed by atoms with Crippen LogP contribution in [-0.2, 0) is 28.4 Å². The fourth-order valence-corrected chi connectivity index (χ4v) is 6.46. The molecule has 0 amide bonds. The van der Waals surface area contributed by atoms with Gasteiger partial charge in [0.05, 0.1) is 12.2 Å². The average Bonchev–Trinajstić information content (AvgIpc) is 3.11. The number of carbonyl (C=O) groups excluding carboxylic acids is 1. The topological polar surface area (TPSA) is 115 Å². The quantitative estimate of drug-likeness (QED) is 0.133. The van der Waals surface area contributed by atoms with Crippen molar-refractivity contribution in [2.24, 2.45) is 4.36 Å². The van der Waals surface area contributed by atoms with Gasteiger partial charge in [-0.3, -0.25) is 4.90 Å². The van der Waals surface area contributed by atoms with Gasteiger partial charge < -0.3 is 19.3 Å². The maximum absolute atomic E-state index is 12.1. The van der Waals surface area contributed by atoms with Crippen LogP contribution in [0.2, 0.25) is 0 Å². The van der Waals surface area contributed by atoms with Gasteiger partial charge in [0.2, 0.25) is 0 Å². The molecule has 1 aliphatic rings. The van der Waals surface area contributed by atoms with Crippen molar-refractivity contribution in [3.8, 4) is 11.5 Å². The predicted molar refractivity (Wildman–Crippen MR) is 184 cm³/mol. The van der Waals surface area contributed by atoms with Crippen molar-refractivity contribution in [2.75, 3.05) is 19.8 Å². The molecule has 0 aromatic heterocycles. The van der Waals surface area contributed by atoms with Crippen LogP contribution in [-0.4, -0.2) is 56.3 Å². The summed E-state index contributed by atoms with van der Waals surface area (Å²) < 4.78 is 43.4. The molecule has 5 rings (SSSR count). The lowest BCUT2D eigenvalue weighted by atomic mass is 9.81. The van der Waals surface area contributed by atoms with Crippen LogP contribution >= 0.6 is 0 Å². The average molecular weight is 671 g/mol. The first-order chi connectivity index (χ1) is 23.4. The van der Waals surface area contributed by atoms with E-state index in [4.69, 9.17) is 14.2 Å². The Labute approximate surface area is 283 Å². The molecule has 1 fully saturated rings. The van der Waals surface area contributed by atoms with Crippen molar-refractivity contribution in [3.63, 3.8) is 0 Å². The third-order valence-electron chi connectivity index (χ3n) is 8.56. The van der Waals surface area contributed by atoms with Crippen molar-refractivity contribution >= 4 is 22.2 Å². The Morgan fingerprint density at radius 1 is 0.875 bits per heavy atom. The Bertz CT molecular complexity index is 1730. The van der Waals surface area contributed by atoms with Gasteiger partial charge in [0, 0.05) is 25.2 Å². The van der Waals surface area contributed by atoms with E-state index in [1.165, 1.54) is 17.2 Å². The molecule has 1 N–H and O–H groups in total. The smallest absolute Gasteiger partial charge is 0.338 e. The van der Waals surface area contributed by atoms with Gasteiger partial charge in [-0.05, 0) is 79.5 Å². The van der Waals surface area contributed by atoms with Gasteiger partial charge in [-0.2, -0.15) is 8.42 Å². The van der Waals surface area contributed by atoms with Crippen LogP contribution in [0.1, 0.15) is 65.6 Å². The second kappa shape index (κ2) is 17.6. The number of hydrogen-bond donors (Lipinski definition) is 1. The highest BCUT2D eigenvalue weighted by Crippen LogP contribution is 2.36. The van der Waals surface area contributed by atoms with Gasteiger partial charge in [-0.15, -0.1) is 4.36 Å². The molecule has 0 saturated heterocycles. The lowest BCUT2D eigenvalue weighted by molar-refractivity contribution is 0.0384. The number of aliphatic hydroxyl groups excluding tert-OH is 1. The molecular weight excluding hydrogens is 628 g/mol. The highest BCUT2D eigenvalue weighted by atomic mass is 32.2. The Morgan fingerprint density at radius 3 is 2.19 bits per heavy atom. The second-order valence-corrected chi connectivity index (χ2v) is 12.6. The molecule has 4 aromatic carbocycles. The van der Waals surface area contributed by atoms with Crippen LogP contribution < -0.4 is 9.47 Å². The van der Waals surface area contributed by atoms with Gasteiger partial charge >= 0.3 is 16.5 Å². The zero-order valence-electron chi connectivity index (χ0n) is 27.1. The van der Waals surface area contributed by atoms with E-state index in [1.54, 1.807) is 19.1 Å². The molecule has 0 unspecified atom stereocenters. The summed E-state index contributed by atoms with van der Waals surface area (Å²) in [7, 11) is -2.68. The van der Waals surface area contributed by atoms with Crippen molar-refractivity contribution in [1.82, 2.24) is 4.90 Å². The predicted octanol–water partition coefficient (Wildman–Crippen LogP) is 7.10. The molecule has 0 spiro atoms. The summed E-state index contributed by atoms with van der Waals surface area (Å²) in [6.07, 6.45) is 3.18. The lowest BCUT2D eigenvalue weighted by Crippen LogP contribution is -2.43. The van der Waals surface area contributed by atoms with E-state index in [0.29, 0.717) is 42.7 Å². The van der Waals surface area contributed by atoms with Gasteiger partial charge in [0.15, 0.2) is 0 Å². The van der Waals surface area contributed by atoms with Crippen molar-refractivity contribution < 1.29 is 32.5 Å². The normalized spacial score (nSPS) is 16.6. The van der Waals surface area contributed by atoms with Crippen LogP contribution in [0.15, 0.2) is 107 Å². The maximum atomic E-state index is 12.1. The van der Waals surface area contributed by atoms with E-state index < -0.39 is 16.6 Å². The van der Waals surface area contributed by atoms with Gasteiger partial charge in [-0.1, -0.05) is 72.8 Å². The Hall–Kier alpha value is -4.51. The summed E-state index contributed by atoms with van der Waals surface area (Å²) >= 11 is 0. The molecule has 4 aromatic rings. The summed E-state index contributed by atoms with van der Waals surface area (Å²) in [5.41, 5.74) is 4.04. The number of ether oxygens (including phenoxy) is 3. The molecule has 1 aliphatic carbocycles. The number of carbonyl (C=O) groups is 1. The van der Waals surface area contributed by atoms with E-state index in [1.807, 2.05) is 72.8 Å². The monoisotopic (exact) mass is 670 g/mol. The van der Waals surface area contributed by atoms with Gasteiger partial charge in [0.1, 0.15) is 36.5 Å². The van der Waals surface area contributed by atoms with E-state index in [-0.39, 0.29) is 30.9 Å². The van der Waals surface area contributed by atoms with Crippen LogP contribution in [0.3, 0.4) is 0 Å². The third-order valence-corrected chi connectivity index (χ3v) is 8.91.